The molecule has 1 aromatic heterocycles. The van der Waals surface area contributed by atoms with Gasteiger partial charge in [-0.2, -0.15) is 8.78 Å². The molecule has 0 aliphatic carbocycles. The summed E-state index contributed by atoms with van der Waals surface area (Å²) in [7, 11) is 3.35. The van der Waals surface area contributed by atoms with Crippen LogP contribution in [0.5, 0.6) is 17.2 Å². The van der Waals surface area contributed by atoms with Gasteiger partial charge in [-0.15, -0.1) is 10.2 Å². The molecule has 0 spiro atoms. The van der Waals surface area contributed by atoms with Gasteiger partial charge in [0.1, 0.15) is 12.4 Å². The molecule has 1 aliphatic heterocycles. The van der Waals surface area contributed by atoms with E-state index < -0.39 is 5.76 Å². The number of benzene rings is 2. The minimum absolute atomic E-state index is 0.350. The molecule has 2 heterocycles. The highest BCUT2D eigenvalue weighted by atomic mass is 32.2. The molecule has 158 valence electrons. The summed E-state index contributed by atoms with van der Waals surface area (Å²) in [5.74, 6) is 0.603. The second-order valence-corrected chi connectivity index (χ2v) is 8.39. The third kappa shape index (κ3) is 4.49. The van der Waals surface area contributed by atoms with Crippen LogP contribution in [0, 0.1) is 0 Å². The van der Waals surface area contributed by atoms with E-state index in [0.29, 0.717) is 52.1 Å². The third-order valence-electron chi connectivity index (χ3n) is 4.48. The van der Waals surface area contributed by atoms with Crippen molar-refractivity contribution in [2.24, 2.45) is 7.05 Å². The number of halogens is 2. The van der Waals surface area contributed by atoms with E-state index in [0.717, 1.165) is 10.7 Å². The molecule has 4 rings (SSSR count). The van der Waals surface area contributed by atoms with Crippen LogP contribution < -0.4 is 14.2 Å². The lowest BCUT2D eigenvalue weighted by Gasteiger charge is -2.25. The maximum absolute atomic E-state index is 12.7. The van der Waals surface area contributed by atoms with Gasteiger partial charge < -0.3 is 18.8 Å². The lowest BCUT2D eigenvalue weighted by molar-refractivity contribution is 0.0825. The molecule has 6 nitrogen and oxygen atoms in total. The summed E-state index contributed by atoms with van der Waals surface area (Å²) in [5.41, 5.74) is 0.936. The lowest BCUT2D eigenvalue weighted by atomic mass is 10.2. The molecule has 0 saturated heterocycles. The third-order valence-corrected chi connectivity index (χ3v) is 6.34. The van der Waals surface area contributed by atoms with Crippen molar-refractivity contribution < 1.29 is 23.0 Å². The van der Waals surface area contributed by atoms with Gasteiger partial charge in [-0.25, -0.2) is 0 Å². The van der Waals surface area contributed by atoms with Crippen molar-refractivity contribution >= 4 is 23.5 Å². The van der Waals surface area contributed by atoms with E-state index >= 15 is 0 Å². The molecule has 2 aromatic carbocycles. The summed E-state index contributed by atoms with van der Waals surface area (Å²) in [6, 6.07) is 12.7. The standard InChI is InChI=1S/C20H19F2N3O3S2/c1-25-18(16-10-27-13-5-3-4-6-14(13)28-16)23-24-20(25)29-11-12-7-8-17(30-19(21)22)15(9-12)26-2/h3-9,16,19H,10-11H2,1-2H3. The van der Waals surface area contributed by atoms with Crippen molar-refractivity contribution in [2.75, 3.05) is 13.7 Å². The zero-order valence-corrected chi connectivity index (χ0v) is 17.9. The first-order chi connectivity index (χ1) is 14.5. The van der Waals surface area contributed by atoms with Crippen LogP contribution in [-0.4, -0.2) is 34.2 Å². The summed E-state index contributed by atoms with van der Waals surface area (Å²) in [5, 5.41) is 9.27. The van der Waals surface area contributed by atoms with Crippen molar-refractivity contribution in [1.82, 2.24) is 14.8 Å². The zero-order valence-electron chi connectivity index (χ0n) is 16.2. The Kier molecular flexibility index (Phi) is 6.33. The number of thioether (sulfide) groups is 2. The van der Waals surface area contributed by atoms with E-state index in [-0.39, 0.29) is 6.10 Å². The number of nitrogens with zero attached hydrogens (tertiary/aromatic N) is 3. The number of alkyl halides is 2. The maximum atomic E-state index is 12.7. The predicted molar refractivity (Wildman–Crippen MR) is 111 cm³/mol. The van der Waals surface area contributed by atoms with Gasteiger partial charge in [0.25, 0.3) is 5.76 Å². The van der Waals surface area contributed by atoms with Crippen LogP contribution in [0.2, 0.25) is 0 Å². The molecule has 0 amide bonds. The van der Waals surface area contributed by atoms with Crippen LogP contribution in [0.25, 0.3) is 0 Å². The number of aromatic nitrogens is 3. The number of fused-ring (bicyclic) bond motifs is 1. The molecule has 0 saturated carbocycles. The molecule has 0 radical (unpaired) electrons. The van der Waals surface area contributed by atoms with Crippen molar-refractivity contribution in [2.45, 2.75) is 27.7 Å². The maximum Gasteiger partial charge on any atom is 0.289 e. The highest BCUT2D eigenvalue weighted by molar-refractivity contribution is 7.99. The smallest absolute Gasteiger partial charge is 0.289 e. The first-order valence-corrected chi connectivity index (χ1v) is 10.9. The van der Waals surface area contributed by atoms with Crippen molar-refractivity contribution in [3.05, 3.63) is 53.9 Å². The first kappa shape index (κ1) is 20.8. The Hall–Kier alpha value is -2.46. The van der Waals surface area contributed by atoms with Gasteiger partial charge in [0.15, 0.2) is 28.6 Å². The molecule has 1 unspecified atom stereocenters. The zero-order chi connectivity index (χ0) is 21.1. The Morgan fingerprint density at radius 1 is 1.20 bits per heavy atom. The van der Waals surface area contributed by atoms with E-state index in [9.17, 15) is 8.78 Å². The van der Waals surface area contributed by atoms with E-state index in [1.54, 1.807) is 12.1 Å². The van der Waals surface area contributed by atoms with Crippen LogP contribution in [-0.2, 0) is 12.8 Å². The summed E-state index contributed by atoms with van der Waals surface area (Å²) in [4.78, 5) is 0.414. The summed E-state index contributed by atoms with van der Waals surface area (Å²) in [6.07, 6.45) is -0.350. The highest BCUT2D eigenvalue weighted by Crippen LogP contribution is 2.37. The summed E-state index contributed by atoms with van der Waals surface area (Å²) < 4.78 is 44.2. The summed E-state index contributed by atoms with van der Waals surface area (Å²) in [6.45, 7) is 0.355. The topological polar surface area (TPSA) is 58.4 Å². The number of methoxy groups -OCH3 is 1. The van der Waals surface area contributed by atoms with Gasteiger partial charge in [0.05, 0.1) is 12.0 Å². The van der Waals surface area contributed by atoms with Gasteiger partial charge in [-0.05, 0) is 29.8 Å². The fourth-order valence-electron chi connectivity index (χ4n) is 3.02. The average molecular weight is 452 g/mol. The lowest BCUT2D eigenvalue weighted by Crippen LogP contribution is -2.24. The highest BCUT2D eigenvalue weighted by Gasteiger charge is 2.27. The first-order valence-electron chi connectivity index (χ1n) is 9.07. The van der Waals surface area contributed by atoms with E-state index in [2.05, 4.69) is 10.2 Å². The Morgan fingerprint density at radius 2 is 2.00 bits per heavy atom. The molecule has 30 heavy (non-hydrogen) atoms. The van der Waals surface area contributed by atoms with E-state index in [1.807, 2.05) is 41.9 Å². The number of hydrogen-bond donors (Lipinski definition) is 0. The van der Waals surface area contributed by atoms with Crippen LogP contribution in [0.1, 0.15) is 17.5 Å². The molecule has 0 N–H and O–H groups in total. The molecule has 0 fully saturated rings. The van der Waals surface area contributed by atoms with Crippen molar-refractivity contribution in [3.8, 4) is 17.2 Å². The molecule has 1 aliphatic rings. The largest absolute Gasteiger partial charge is 0.496 e. The molecule has 1 atom stereocenters. The van der Waals surface area contributed by atoms with Gasteiger partial charge in [0, 0.05) is 12.8 Å². The predicted octanol–water partition coefficient (Wildman–Crippen LogP) is 4.94. The Morgan fingerprint density at radius 3 is 2.77 bits per heavy atom. The second-order valence-electron chi connectivity index (χ2n) is 6.42. The monoisotopic (exact) mass is 451 g/mol. The number of rotatable bonds is 7. The molecule has 3 aromatic rings. The van der Waals surface area contributed by atoms with Crippen LogP contribution in [0.3, 0.4) is 0 Å². The van der Waals surface area contributed by atoms with Gasteiger partial charge >= 0.3 is 0 Å². The average Bonchev–Trinajstić information content (AvgIpc) is 3.12. The number of ether oxygens (including phenoxy) is 3. The van der Waals surface area contributed by atoms with Crippen LogP contribution >= 0.6 is 23.5 Å². The van der Waals surface area contributed by atoms with E-state index in [1.165, 1.54) is 18.9 Å². The molecular formula is C20H19F2N3O3S2. The molecular weight excluding hydrogens is 432 g/mol. The van der Waals surface area contributed by atoms with Crippen molar-refractivity contribution in [3.63, 3.8) is 0 Å². The fourth-order valence-corrected chi connectivity index (χ4v) is 4.48. The minimum atomic E-state index is -2.49. The summed E-state index contributed by atoms with van der Waals surface area (Å²) >= 11 is 1.96. The van der Waals surface area contributed by atoms with Crippen molar-refractivity contribution in [1.29, 1.82) is 0 Å². The van der Waals surface area contributed by atoms with Gasteiger partial charge in [-0.1, -0.05) is 41.7 Å². The Labute approximate surface area is 180 Å². The number of hydrogen-bond acceptors (Lipinski definition) is 7. The Balaban J connectivity index is 1.44. The van der Waals surface area contributed by atoms with E-state index in [4.69, 9.17) is 14.2 Å². The quantitative estimate of drug-likeness (QED) is 0.472. The van der Waals surface area contributed by atoms with Crippen LogP contribution in [0.15, 0.2) is 52.5 Å². The fraction of sp³-hybridized carbons (Fsp3) is 0.300. The second kappa shape index (κ2) is 9.13. The normalized spacial score (nSPS) is 15.4. The van der Waals surface area contributed by atoms with Crippen LogP contribution in [0.4, 0.5) is 8.78 Å². The minimum Gasteiger partial charge on any atom is -0.496 e. The molecule has 0 bridgehead atoms. The Bertz CT molecular complexity index is 1030. The van der Waals surface area contributed by atoms with Gasteiger partial charge in [-0.3, -0.25) is 0 Å². The van der Waals surface area contributed by atoms with Gasteiger partial charge in [0.2, 0.25) is 0 Å². The molecule has 10 heteroatoms. The number of para-hydroxylation sites is 2. The SMILES string of the molecule is COc1cc(CSc2nnc(C3COc4ccccc4O3)n2C)ccc1SC(F)F.